The summed E-state index contributed by atoms with van der Waals surface area (Å²) in [7, 11) is 0. The van der Waals surface area contributed by atoms with Crippen molar-refractivity contribution in [3.8, 4) is 11.1 Å². The van der Waals surface area contributed by atoms with Crippen molar-refractivity contribution < 1.29 is 24.2 Å². The van der Waals surface area contributed by atoms with E-state index in [1.807, 2.05) is 50.2 Å². The van der Waals surface area contributed by atoms with Crippen molar-refractivity contribution in [2.24, 2.45) is 5.41 Å². The Morgan fingerprint density at radius 1 is 1.04 bits per heavy atom. The van der Waals surface area contributed by atoms with Crippen molar-refractivity contribution in [3.05, 3.63) is 59.7 Å². The third-order valence-corrected chi connectivity index (χ3v) is 4.65. The van der Waals surface area contributed by atoms with Gasteiger partial charge in [0.15, 0.2) is 0 Å². The summed E-state index contributed by atoms with van der Waals surface area (Å²) in [5, 5.41) is 9.75. The second-order valence-electron chi connectivity index (χ2n) is 6.78. The van der Waals surface area contributed by atoms with Gasteiger partial charge in [-0.3, -0.25) is 4.79 Å². The van der Waals surface area contributed by atoms with Crippen LogP contribution in [0.5, 0.6) is 0 Å². The van der Waals surface area contributed by atoms with Gasteiger partial charge in [-0.15, -0.1) is 0 Å². The van der Waals surface area contributed by atoms with E-state index in [0.29, 0.717) is 12.0 Å². The van der Waals surface area contributed by atoms with Gasteiger partial charge in [-0.05, 0) is 30.5 Å². The minimum absolute atomic E-state index is 0.00212. The Kier molecular flexibility index (Phi) is 7.13. The molecule has 27 heavy (non-hydrogen) atoms. The monoisotopic (exact) mass is 370 g/mol. The molecule has 5 heteroatoms. The van der Waals surface area contributed by atoms with Crippen molar-refractivity contribution in [3.63, 3.8) is 0 Å². The summed E-state index contributed by atoms with van der Waals surface area (Å²) in [5.41, 5.74) is 2.48. The van der Waals surface area contributed by atoms with Crippen LogP contribution in [0.25, 0.3) is 11.1 Å². The highest BCUT2D eigenvalue weighted by Gasteiger charge is 2.31. The van der Waals surface area contributed by atoms with Crippen LogP contribution in [-0.4, -0.2) is 36.9 Å². The molecule has 0 aliphatic carbocycles. The summed E-state index contributed by atoms with van der Waals surface area (Å²) in [6.45, 7) is 4.88. The van der Waals surface area contributed by atoms with Gasteiger partial charge in [0.2, 0.25) is 0 Å². The van der Waals surface area contributed by atoms with Crippen LogP contribution in [0.4, 0.5) is 0 Å². The second kappa shape index (κ2) is 9.33. The lowest BCUT2D eigenvalue weighted by molar-refractivity contribution is -0.147. The predicted octanol–water partition coefficient (Wildman–Crippen LogP) is 3.77. The molecule has 0 amide bonds. The first-order valence-electron chi connectivity index (χ1n) is 8.98. The average molecular weight is 370 g/mol. The normalized spacial score (nSPS) is 12.9. The summed E-state index contributed by atoms with van der Waals surface area (Å²) in [6.07, 6.45) is 0.504. The van der Waals surface area contributed by atoms with Gasteiger partial charge in [-0.25, -0.2) is 4.79 Å². The fraction of sp³-hybridized carbons (Fsp3) is 0.364. The molecular weight excluding hydrogens is 344 g/mol. The van der Waals surface area contributed by atoms with Gasteiger partial charge in [0, 0.05) is 6.92 Å². The van der Waals surface area contributed by atoms with Gasteiger partial charge >= 0.3 is 11.9 Å². The molecule has 1 unspecified atom stereocenters. The highest BCUT2D eigenvalue weighted by atomic mass is 16.5. The maximum Gasteiger partial charge on any atom is 0.338 e. The topological polar surface area (TPSA) is 72.8 Å². The Bertz CT molecular complexity index is 793. The Hall–Kier alpha value is -2.66. The van der Waals surface area contributed by atoms with Gasteiger partial charge in [0.05, 0.1) is 17.6 Å². The minimum Gasteiger partial charge on any atom is -0.465 e. The molecule has 0 aliphatic rings. The van der Waals surface area contributed by atoms with Crippen LogP contribution in [-0.2, 0) is 14.3 Å². The average Bonchev–Trinajstić information content (AvgIpc) is 2.68. The molecule has 2 rings (SSSR count). The number of aryl methyl sites for hydroxylation is 1. The number of hydrogen-bond donors (Lipinski definition) is 1. The van der Waals surface area contributed by atoms with E-state index in [-0.39, 0.29) is 19.8 Å². The van der Waals surface area contributed by atoms with E-state index >= 15 is 0 Å². The van der Waals surface area contributed by atoms with Crippen molar-refractivity contribution >= 4 is 11.9 Å². The molecule has 0 fully saturated rings. The largest absolute Gasteiger partial charge is 0.465 e. The lowest BCUT2D eigenvalue weighted by atomic mass is 9.88. The zero-order valence-corrected chi connectivity index (χ0v) is 16.0. The molecule has 0 aliphatic heterocycles. The molecule has 0 spiro atoms. The molecule has 0 bridgehead atoms. The van der Waals surface area contributed by atoms with Gasteiger partial charge in [0.1, 0.15) is 13.2 Å². The fourth-order valence-corrected chi connectivity index (χ4v) is 2.73. The highest BCUT2D eigenvalue weighted by molar-refractivity contribution is 5.97. The summed E-state index contributed by atoms with van der Waals surface area (Å²) in [5.74, 6) is -0.904. The molecular formula is C22H26O5. The third-order valence-electron chi connectivity index (χ3n) is 4.65. The number of carbonyl (C=O) groups is 2. The lowest BCUT2D eigenvalue weighted by Gasteiger charge is -2.29. The van der Waals surface area contributed by atoms with Gasteiger partial charge in [-0.1, -0.05) is 55.0 Å². The van der Waals surface area contributed by atoms with E-state index in [1.165, 1.54) is 6.92 Å². The SMILES string of the molecule is CCC(CO)(COC(C)=O)COC(=O)c1ccccc1-c1cccc(C)c1. The number of esters is 2. The lowest BCUT2D eigenvalue weighted by Crippen LogP contribution is -2.37. The quantitative estimate of drug-likeness (QED) is 0.716. The van der Waals surface area contributed by atoms with Gasteiger partial charge in [0.25, 0.3) is 0 Å². The summed E-state index contributed by atoms with van der Waals surface area (Å²) in [6, 6.07) is 15.2. The van der Waals surface area contributed by atoms with Crippen LogP contribution >= 0.6 is 0 Å². The number of carbonyl (C=O) groups excluding carboxylic acids is 2. The van der Waals surface area contributed by atoms with E-state index in [2.05, 4.69) is 0 Å². The number of hydrogen-bond acceptors (Lipinski definition) is 5. The first kappa shape index (κ1) is 20.6. The van der Waals surface area contributed by atoms with E-state index in [4.69, 9.17) is 9.47 Å². The number of ether oxygens (including phenoxy) is 2. The van der Waals surface area contributed by atoms with Gasteiger partial charge in [-0.2, -0.15) is 0 Å². The Labute approximate surface area is 159 Å². The number of rotatable bonds is 8. The Morgan fingerprint density at radius 3 is 2.37 bits per heavy atom. The van der Waals surface area contributed by atoms with Crippen molar-refractivity contribution in [2.75, 3.05) is 19.8 Å². The fourth-order valence-electron chi connectivity index (χ4n) is 2.73. The molecule has 144 valence electrons. The molecule has 1 atom stereocenters. The van der Waals surface area contributed by atoms with Gasteiger partial charge < -0.3 is 14.6 Å². The van der Waals surface area contributed by atoms with E-state index in [0.717, 1.165) is 16.7 Å². The zero-order chi connectivity index (χ0) is 19.9. The molecule has 2 aromatic rings. The Balaban J connectivity index is 2.19. The van der Waals surface area contributed by atoms with Crippen LogP contribution < -0.4 is 0 Å². The number of aliphatic hydroxyl groups excluding tert-OH is 1. The zero-order valence-electron chi connectivity index (χ0n) is 16.0. The summed E-state index contributed by atoms with van der Waals surface area (Å²) >= 11 is 0. The maximum atomic E-state index is 12.7. The van der Waals surface area contributed by atoms with E-state index in [9.17, 15) is 14.7 Å². The van der Waals surface area contributed by atoms with Crippen molar-refractivity contribution in [1.82, 2.24) is 0 Å². The van der Waals surface area contributed by atoms with Crippen LogP contribution in [0, 0.1) is 12.3 Å². The molecule has 5 nitrogen and oxygen atoms in total. The molecule has 1 N–H and O–H groups in total. The van der Waals surface area contributed by atoms with Crippen molar-refractivity contribution in [2.45, 2.75) is 27.2 Å². The third kappa shape index (κ3) is 5.41. The summed E-state index contributed by atoms with van der Waals surface area (Å²) < 4.78 is 10.6. The van der Waals surface area contributed by atoms with Crippen LogP contribution in [0.15, 0.2) is 48.5 Å². The molecule has 0 radical (unpaired) electrons. The minimum atomic E-state index is -0.806. The van der Waals surface area contributed by atoms with Crippen LogP contribution in [0.1, 0.15) is 36.2 Å². The highest BCUT2D eigenvalue weighted by Crippen LogP contribution is 2.27. The summed E-state index contributed by atoms with van der Waals surface area (Å²) in [4.78, 5) is 23.8. The maximum absolute atomic E-state index is 12.7. The molecule has 0 saturated carbocycles. The number of aliphatic hydroxyl groups is 1. The Morgan fingerprint density at radius 2 is 1.74 bits per heavy atom. The van der Waals surface area contributed by atoms with Crippen LogP contribution in [0.3, 0.4) is 0 Å². The second-order valence-corrected chi connectivity index (χ2v) is 6.78. The molecule has 2 aromatic carbocycles. The first-order chi connectivity index (χ1) is 12.9. The molecule has 0 aromatic heterocycles. The number of benzene rings is 2. The molecule has 0 heterocycles. The standard InChI is InChI=1S/C22H26O5/c1-4-22(13-23,14-26-17(3)24)15-27-21(25)20-11-6-5-10-19(20)18-9-7-8-16(2)12-18/h5-12,23H,4,13-15H2,1-3H3. The molecule has 0 saturated heterocycles. The van der Waals surface area contributed by atoms with Crippen molar-refractivity contribution in [1.29, 1.82) is 0 Å². The predicted molar refractivity (Wildman–Crippen MR) is 103 cm³/mol. The van der Waals surface area contributed by atoms with Crippen LogP contribution in [0.2, 0.25) is 0 Å². The van der Waals surface area contributed by atoms with E-state index < -0.39 is 17.4 Å². The smallest absolute Gasteiger partial charge is 0.338 e. The van der Waals surface area contributed by atoms with E-state index in [1.54, 1.807) is 12.1 Å². The first-order valence-corrected chi connectivity index (χ1v) is 8.98.